The number of rotatable bonds is 6. The fourth-order valence-corrected chi connectivity index (χ4v) is 5.38. The molecule has 1 N–H and O–H groups in total. The van der Waals surface area contributed by atoms with Crippen LogP contribution < -0.4 is 10.1 Å². The first-order valence-corrected chi connectivity index (χ1v) is 12.8. The summed E-state index contributed by atoms with van der Waals surface area (Å²) in [4.78, 5) is 27.0. The van der Waals surface area contributed by atoms with Crippen LogP contribution in [0.2, 0.25) is 0 Å². The molecule has 0 spiro atoms. The zero-order valence-corrected chi connectivity index (χ0v) is 20.1. The first-order valence-electron chi connectivity index (χ1n) is 11.9. The third kappa shape index (κ3) is 6.83. The zero-order chi connectivity index (χ0) is 22.8. The molecule has 0 saturated carbocycles. The molecular weight excluding hydrogens is 422 g/mol. The van der Waals surface area contributed by atoms with Gasteiger partial charge in [0.15, 0.2) is 6.10 Å². The molecule has 32 heavy (non-hydrogen) atoms. The van der Waals surface area contributed by atoms with E-state index in [0.717, 1.165) is 31.2 Å². The largest absolute Gasteiger partial charge is 0.481 e. The Balaban J connectivity index is 1.83. The summed E-state index contributed by atoms with van der Waals surface area (Å²) >= 11 is 1.53. The summed E-state index contributed by atoms with van der Waals surface area (Å²) in [6, 6.07) is 9.28. The molecule has 1 atom stereocenters. The summed E-state index contributed by atoms with van der Waals surface area (Å²) < 4.78 is 11.2. The van der Waals surface area contributed by atoms with Gasteiger partial charge in [-0.05, 0) is 57.2 Å². The Morgan fingerprint density at radius 2 is 1.59 bits per heavy atom. The Morgan fingerprint density at radius 3 is 2.25 bits per heavy atom. The number of hydrogen-bond donors (Lipinski definition) is 1. The van der Waals surface area contributed by atoms with Gasteiger partial charge in [0.05, 0.1) is 12.2 Å². The fourth-order valence-electron chi connectivity index (χ4n) is 4.10. The quantitative estimate of drug-likeness (QED) is 0.500. The highest BCUT2D eigenvalue weighted by molar-refractivity contribution is 7.17. The Kier molecular flexibility index (Phi) is 9.60. The number of para-hydroxylation sites is 1. The van der Waals surface area contributed by atoms with Crippen molar-refractivity contribution in [2.24, 2.45) is 0 Å². The minimum Gasteiger partial charge on any atom is -0.481 e. The predicted molar refractivity (Wildman–Crippen MR) is 130 cm³/mol. The molecule has 1 amide bonds. The summed E-state index contributed by atoms with van der Waals surface area (Å²) in [6.07, 6.45) is 10.8. The van der Waals surface area contributed by atoms with Gasteiger partial charge in [0, 0.05) is 4.88 Å². The number of hydrogen-bond acceptors (Lipinski definition) is 5. The molecule has 6 heteroatoms. The molecule has 1 aliphatic rings. The highest BCUT2D eigenvalue weighted by Crippen LogP contribution is 2.37. The van der Waals surface area contributed by atoms with Crippen LogP contribution in [-0.2, 0) is 22.4 Å². The predicted octanol–water partition coefficient (Wildman–Crippen LogP) is 6.55. The van der Waals surface area contributed by atoms with E-state index in [2.05, 4.69) is 5.32 Å². The molecular formula is C26H35NO4S. The van der Waals surface area contributed by atoms with Gasteiger partial charge in [-0.15, -0.1) is 11.3 Å². The van der Waals surface area contributed by atoms with E-state index in [1.54, 1.807) is 6.92 Å². The lowest BCUT2D eigenvalue weighted by molar-refractivity contribution is -0.122. The number of aryl methyl sites for hydroxylation is 1. The van der Waals surface area contributed by atoms with E-state index < -0.39 is 6.10 Å². The molecule has 1 aromatic heterocycles. The molecule has 1 unspecified atom stereocenters. The number of benzene rings is 1. The van der Waals surface area contributed by atoms with Crippen LogP contribution in [-0.4, -0.2) is 24.6 Å². The van der Waals surface area contributed by atoms with E-state index in [0.29, 0.717) is 22.9 Å². The molecule has 0 radical (unpaired) electrons. The molecule has 1 heterocycles. The van der Waals surface area contributed by atoms with Crippen LogP contribution in [0, 0.1) is 0 Å². The van der Waals surface area contributed by atoms with Crippen molar-refractivity contribution < 1.29 is 19.1 Å². The van der Waals surface area contributed by atoms with Gasteiger partial charge in [0.2, 0.25) is 0 Å². The van der Waals surface area contributed by atoms with E-state index >= 15 is 0 Å². The normalized spacial score (nSPS) is 16.1. The number of anilines is 1. The molecule has 2 aromatic rings. The minimum atomic E-state index is -0.685. The van der Waals surface area contributed by atoms with E-state index in [-0.39, 0.29) is 11.9 Å². The van der Waals surface area contributed by atoms with Gasteiger partial charge in [-0.3, -0.25) is 4.79 Å². The Morgan fingerprint density at radius 1 is 0.969 bits per heavy atom. The highest BCUT2D eigenvalue weighted by Gasteiger charge is 2.27. The van der Waals surface area contributed by atoms with Crippen LogP contribution in [0.3, 0.4) is 0 Å². The van der Waals surface area contributed by atoms with Crippen molar-refractivity contribution in [3.8, 4) is 5.75 Å². The van der Waals surface area contributed by atoms with Crippen LogP contribution >= 0.6 is 11.3 Å². The maximum Gasteiger partial charge on any atom is 0.341 e. The first kappa shape index (κ1) is 24.3. The van der Waals surface area contributed by atoms with Gasteiger partial charge in [-0.25, -0.2) is 4.79 Å². The summed E-state index contributed by atoms with van der Waals surface area (Å²) in [5.74, 6) is 0.0274. The van der Waals surface area contributed by atoms with Gasteiger partial charge in [0.25, 0.3) is 5.91 Å². The lowest BCUT2D eigenvalue weighted by atomic mass is 9.97. The third-order valence-corrected chi connectivity index (χ3v) is 7.02. The highest BCUT2D eigenvalue weighted by atomic mass is 32.1. The number of thiophene rings is 1. The number of carbonyl (C=O) groups excluding carboxylic acids is 2. The van der Waals surface area contributed by atoms with Crippen LogP contribution in [0.15, 0.2) is 30.3 Å². The van der Waals surface area contributed by atoms with Crippen LogP contribution in [0.4, 0.5) is 5.00 Å². The molecule has 0 aliphatic heterocycles. The fraction of sp³-hybridized carbons (Fsp3) is 0.538. The maximum absolute atomic E-state index is 12.9. The van der Waals surface area contributed by atoms with Gasteiger partial charge < -0.3 is 14.8 Å². The lowest BCUT2D eigenvalue weighted by Crippen LogP contribution is -2.30. The van der Waals surface area contributed by atoms with Crippen molar-refractivity contribution in [3.63, 3.8) is 0 Å². The van der Waals surface area contributed by atoms with Gasteiger partial charge in [-0.2, -0.15) is 0 Å². The van der Waals surface area contributed by atoms with E-state index in [9.17, 15) is 9.59 Å². The van der Waals surface area contributed by atoms with Crippen molar-refractivity contribution in [1.82, 2.24) is 0 Å². The first-order chi connectivity index (χ1) is 15.6. The van der Waals surface area contributed by atoms with Crippen LogP contribution in [0.1, 0.15) is 86.0 Å². The Labute approximate surface area is 195 Å². The summed E-state index contributed by atoms with van der Waals surface area (Å²) in [5.41, 5.74) is 1.62. The number of nitrogens with one attached hydrogen (secondary N) is 1. The summed E-state index contributed by atoms with van der Waals surface area (Å²) in [6.45, 7) is 3.84. The van der Waals surface area contributed by atoms with Crippen molar-refractivity contribution >= 4 is 28.2 Å². The molecule has 3 rings (SSSR count). The van der Waals surface area contributed by atoms with Crippen LogP contribution in [0.5, 0.6) is 5.75 Å². The number of ether oxygens (including phenoxy) is 2. The summed E-state index contributed by atoms with van der Waals surface area (Å²) in [5, 5.41) is 3.57. The molecule has 1 aliphatic carbocycles. The molecule has 5 nitrogen and oxygen atoms in total. The molecule has 174 valence electrons. The minimum absolute atomic E-state index is 0.267. The topological polar surface area (TPSA) is 64.6 Å². The SMILES string of the molecule is CCOC(=O)c1c(NC(=O)C(C)Oc2ccccc2)sc2c1CCCCCCCCCC2. The number of amides is 1. The number of fused-ring (bicyclic) bond motifs is 1. The smallest absolute Gasteiger partial charge is 0.341 e. The van der Waals surface area contributed by atoms with E-state index in [1.807, 2.05) is 37.3 Å². The molecule has 0 saturated heterocycles. The number of carbonyl (C=O) groups is 2. The second kappa shape index (κ2) is 12.6. The molecule has 0 fully saturated rings. The number of esters is 1. The zero-order valence-electron chi connectivity index (χ0n) is 19.3. The average Bonchev–Trinajstić information content (AvgIpc) is 3.11. The summed E-state index contributed by atoms with van der Waals surface area (Å²) in [7, 11) is 0. The monoisotopic (exact) mass is 457 g/mol. The van der Waals surface area contributed by atoms with Crippen molar-refractivity contribution in [2.45, 2.75) is 84.2 Å². The standard InChI is InChI=1S/C26H35NO4S/c1-3-30-26(29)23-21-17-13-8-6-4-5-7-9-14-18-22(21)32-25(23)27-24(28)19(2)31-20-15-11-10-12-16-20/h10-12,15-16,19H,3-9,13-14,17-18H2,1-2H3,(H,27,28). The Hall–Kier alpha value is -2.34. The van der Waals surface area contributed by atoms with Gasteiger partial charge in [0.1, 0.15) is 10.8 Å². The third-order valence-electron chi connectivity index (χ3n) is 5.81. The second-order valence-corrected chi connectivity index (χ2v) is 9.42. The average molecular weight is 458 g/mol. The van der Waals surface area contributed by atoms with Gasteiger partial charge in [-0.1, -0.05) is 56.7 Å². The molecule has 1 aromatic carbocycles. The van der Waals surface area contributed by atoms with Crippen molar-refractivity contribution in [3.05, 3.63) is 46.3 Å². The maximum atomic E-state index is 12.9. The van der Waals surface area contributed by atoms with Crippen molar-refractivity contribution in [2.75, 3.05) is 11.9 Å². The van der Waals surface area contributed by atoms with E-state index in [1.165, 1.54) is 54.7 Å². The lowest BCUT2D eigenvalue weighted by Gasteiger charge is -2.15. The van der Waals surface area contributed by atoms with Crippen LogP contribution in [0.25, 0.3) is 0 Å². The van der Waals surface area contributed by atoms with Gasteiger partial charge >= 0.3 is 5.97 Å². The van der Waals surface area contributed by atoms with E-state index in [4.69, 9.17) is 9.47 Å². The van der Waals surface area contributed by atoms with Crippen molar-refractivity contribution in [1.29, 1.82) is 0 Å². The second-order valence-electron chi connectivity index (χ2n) is 8.32. The molecule has 0 bridgehead atoms. The Bertz CT molecular complexity index is 877.